The Morgan fingerprint density at radius 3 is 1.29 bits per heavy atom. The van der Waals surface area contributed by atoms with Gasteiger partial charge in [0.25, 0.3) is 0 Å². The van der Waals surface area contributed by atoms with Gasteiger partial charge in [0.05, 0.1) is 0 Å². The molecule has 0 heterocycles. The molecule has 0 aliphatic heterocycles. The van der Waals surface area contributed by atoms with Crippen LogP contribution in [0.3, 0.4) is 0 Å². The molecule has 0 bridgehead atoms. The van der Waals surface area contributed by atoms with Gasteiger partial charge in [-0.3, -0.25) is 0 Å². The minimum absolute atomic E-state index is 0.521. The van der Waals surface area contributed by atoms with Crippen LogP contribution in [0, 0.1) is 0 Å². The predicted octanol–water partition coefficient (Wildman–Crippen LogP) is 4.42. The van der Waals surface area contributed by atoms with E-state index >= 15 is 0 Å². The minimum atomic E-state index is -6.82. The lowest BCUT2D eigenvalue weighted by Crippen LogP contribution is -2.60. The van der Waals surface area contributed by atoms with Crippen LogP contribution in [0.15, 0.2) is 11.6 Å². The van der Waals surface area contributed by atoms with Gasteiger partial charge in [-0.2, -0.15) is 39.5 Å². The van der Waals surface area contributed by atoms with Crippen LogP contribution in [-0.4, -0.2) is 23.9 Å². The quantitative estimate of drug-likeness (QED) is 0.528. The predicted molar refractivity (Wildman–Crippen MR) is 40.3 cm³/mol. The second kappa shape index (κ2) is 4.09. The van der Waals surface area contributed by atoms with Gasteiger partial charge in [-0.15, -0.1) is 0 Å². The Hall–Kier alpha value is -0.890. The van der Waals surface area contributed by atoms with Crippen molar-refractivity contribution < 1.29 is 39.5 Å². The van der Waals surface area contributed by atoms with Gasteiger partial charge in [-0.25, -0.2) is 0 Å². The molecule has 0 atom stereocenters. The number of halogens is 9. The van der Waals surface area contributed by atoms with Crippen molar-refractivity contribution in [2.45, 2.75) is 37.8 Å². The van der Waals surface area contributed by atoms with Crippen LogP contribution in [0.4, 0.5) is 39.5 Å². The highest BCUT2D eigenvalue weighted by Gasteiger charge is 2.81. The molecule has 0 amide bonds. The summed E-state index contributed by atoms with van der Waals surface area (Å²) in [4.78, 5) is 0. The van der Waals surface area contributed by atoms with Gasteiger partial charge in [0, 0.05) is 0 Å². The lowest BCUT2D eigenvalue weighted by molar-refractivity contribution is -0.388. The summed E-state index contributed by atoms with van der Waals surface area (Å²) < 4.78 is 110. The molecule has 0 rings (SSSR count). The van der Waals surface area contributed by atoms with Gasteiger partial charge in [-0.1, -0.05) is 5.57 Å². The summed E-state index contributed by atoms with van der Waals surface area (Å²) in [6.45, 7) is 1.71. The normalized spacial score (nSPS) is 14.8. The Balaban J connectivity index is 5.64. The summed E-state index contributed by atoms with van der Waals surface area (Å²) in [6.07, 6.45) is -7.40. The number of alkyl halides is 9. The minimum Gasteiger partial charge on any atom is -0.195 e. The second-order valence-corrected chi connectivity index (χ2v) is 3.49. The fraction of sp³-hybridized carbons (Fsp3) is 0.750. The maximum Gasteiger partial charge on any atom is 0.460 e. The third kappa shape index (κ3) is 2.68. The summed E-state index contributed by atoms with van der Waals surface area (Å²) in [5.74, 6) is -19.0. The fourth-order valence-corrected chi connectivity index (χ4v) is 0.841. The van der Waals surface area contributed by atoms with E-state index in [2.05, 4.69) is 0 Å². The first kappa shape index (κ1) is 16.1. The zero-order valence-electron chi connectivity index (χ0n) is 8.48. The van der Waals surface area contributed by atoms with E-state index in [1.807, 2.05) is 0 Å². The Morgan fingerprint density at radius 1 is 0.706 bits per heavy atom. The van der Waals surface area contributed by atoms with Crippen molar-refractivity contribution in [3.63, 3.8) is 0 Å². The first-order valence-corrected chi connectivity index (χ1v) is 4.03. The van der Waals surface area contributed by atoms with Gasteiger partial charge in [0.2, 0.25) is 0 Å². The van der Waals surface area contributed by atoms with Gasteiger partial charge in [-0.05, 0) is 19.9 Å². The van der Waals surface area contributed by atoms with Gasteiger partial charge in [0.15, 0.2) is 0 Å². The maximum atomic E-state index is 12.7. The van der Waals surface area contributed by atoms with E-state index in [9.17, 15) is 39.5 Å². The zero-order valence-corrected chi connectivity index (χ0v) is 8.48. The molecule has 0 saturated carbocycles. The van der Waals surface area contributed by atoms with E-state index in [1.165, 1.54) is 0 Å². The summed E-state index contributed by atoms with van der Waals surface area (Å²) in [6, 6.07) is 0. The van der Waals surface area contributed by atoms with Crippen molar-refractivity contribution >= 4 is 0 Å². The summed E-state index contributed by atoms with van der Waals surface area (Å²) in [7, 11) is 0. The van der Waals surface area contributed by atoms with Crippen molar-refractivity contribution in [1.29, 1.82) is 0 Å². The molecule has 0 aromatic carbocycles. The molecule has 0 unspecified atom stereocenters. The van der Waals surface area contributed by atoms with Gasteiger partial charge in [0.1, 0.15) is 0 Å². The molecule has 0 fully saturated rings. The molecule has 0 spiro atoms. The maximum absolute atomic E-state index is 12.7. The Labute approximate surface area is 90.1 Å². The molecule has 0 aromatic heterocycles. The number of hydrogen-bond donors (Lipinski definition) is 0. The Bertz CT molecular complexity index is 305. The molecule has 0 aromatic rings. The topological polar surface area (TPSA) is 0 Å². The molecule has 0 N–H and O–H groups in total. The lowest BCUT2D eigenvalue weighted by Gasteiger charge is -2.32. The monoisotopic (exact) mass is 274 g/mol. The van der Waals surface area contributed by atoms with Gasteiger partial charge < -0.3 is 0 Å². The van der Waals surface area contributed by atoms with Gasteiger partial charge >= 0.3 is 23.9 Å². The molecule has 9 heteroatoms. The van der Waals surface area contributed by atoms with Crippen LogP contribution in [0.1, 0.15) is 13.8 Å². The van der Waals surface area contributed by atoms with Crippen LogP contribution in [0.2, 0.25) is 0 Å². The van der Waals surface area contributed by atoms with Crippen molar-refractivity contribution in [3.05, 3.63) is 11.6 Å². The van der Waals surface area contributed by atoms with Crippen LogP contribution in [0.5, 0.6) is 0 Å². The van der Waals surface area contributed by atoms with Crippen LogP contribution in [0.25, 0.3) is 0 Å². The van der Waals surface area contributed by atoms with E-state index < -0.39 is 35.6 Å². The third-order valence-electron chi connectivity index (χ3n) is 1.64. The van der Waals surface area contributed by atoms with Crippen LogP contribution >= 0.6 is 0 Å². The average molecular weight is 274 g/mol. The smallest absolute Gasteiger partial charge is 0.195 e. The largest absolute Gasteiger partial charge is 0.460 e. The molecule has 0 aliphatic rings. The molecule has 0 aliphatic carbocycles. The standard InChI is InChI=1S/C8H7F9/c1-4(2)3-5(9,10)6(11,12)7(13,14)8(15,16)17/h3H,1-2H3. The summed E-state index contributed by atoms with van der Waals surface area (Å²) in [5.41, 5.74) is -0.521. The first-order chi connectivity index (χ1) is 7.17. The third-order valence-corrected chi connectivity index (χ3v) is 1.64. The molecular formula is C8H7F9. The van der Waals surface area contributed by atoms with E-state index in [0.717, 1.165) is 13.8 Å². The molecule has 0 nitrogen and oxygen atoms in total. The Kier molecular flexibility index (Phi) is 3.88. The van der Waals surface area contributed by atoms with Crippen molar-refractivity contribution in [2.24, 2.45) is 0 Å². The highest BCUT2D eigenvalue weighted by atomic mass is 19.4. The van der Waals surface area contributed by atoms with Crippen molar-refractivity contribution in [3.8, 4) is 0 Å². The van der Waals surface area contributed by atoms with E-state index in [1.54, 1.807) is 0 Å². The fourth-order valence-electron chi connectivity index (χ4n) is 0.841. The van der Waals surface area contributed by atoms with Crippen molar-refractivity contribution in [2.75, 3.05) is 0 Å². The molecule has 17 heavy (non-hydrogen) atoms. The highest BCUT2D eigenvalue weighted by Crippen LogP contribution is 2.53. The first-order valence-electron chi connectivity index (χ1n) is 4.03. The number of allylic oxidation sites excluding steroid dienone is 2. The molecule has 0 radical (unpaired) electrons. The summed E-state index contributed by atoms with van der Waals surface area (Å²) in [5, 5.41) is 0. The summed E-state index contributed by atoms with van der Waals surface area (Å²) >= 11 is 0. The Morgan fingerprint density at radius 2 is 1.06 bits per heavy atom. The number of hydrogen-bond acceptors (Lipinski definition) is 0. The second-order valence-electron chi connectivity index (χ2n) is 3.49. The molecule has 102 valence electrons. The lowest BCUT2D eigenvalue weighted by atomic mass is 10.0. The average Bonchev–Trinajstić information content (AvgIpc) is 1.98. The zero-order chi connectivity index (χ0) is 14.3. The molecule has 0 saturated heterocycles. The highest BCUT2D eigenvalue weighted by molar-refractivity contribution is 5.13. The van der Waals surface area contributed by atoms with Crippen LogP contribution < -0.4 is 0 Å². The van der Waals surface area contributed by atoms with E-state index in [0.29, 0.717) is 0 Å². The van der Waals surface area contributed by atoms with Crippen molar-refractivity contribution in [1.82, 2.24) is 0 Å². The molecular weight excluding hydrogens is 267 g/mol. The van der Waals surface area contributed by atoms with E-state index in [4.69, 9.17) is 0 Å². The number of rotatable bonds is 3. The SMILES string of the molecule is CC(C)=CC(F)(F)C(F)(F)C(F)(F)C(F)(F)F. The van der Waals surface area contributed by atoms with E-state index in [-0.39, 0.29) is 0 Å². The van der Waals surface area contributed by atoms with Crippen LogP contribution in [-0.2, 0) is 0 Å².